The van der Waals surface area contributed by atoms with Crippen molar-refractivity contribution in [2.75, 3.05) is 0 Å². The lowest BCUT2D eigenvalue weighted by molar-refractivity contribution is 1.79. The van der Waals surface area contributed by atoms with Crippen LogP contribution in [0.4, 0.5) is 0 Å². The van der Waals surface area contributed by atoms with Gasteiger partial charge in [0.05, 0.1) is 0 Å². The summed E-state index contributed by atoms with van der Waals surface area (Å²) in [5.74, 6) is 3.20. The summed E-state index contributed by atoms with van der Waals surface area (Å²) in [5.41, 5.74) is 3.32. The van der Waals surface area contributed by atoms with Crippen LogP contribution in [0, 0.1) is 11.5 Å². The Morgan fingerprint density at radius 2 is 2.00 bits per heavy atom. The molecule has 0 N–H and O–H groups in total. The Balaban J connectivity index is 3.59. The number of hydrogen-bond acceptors (Lipinski definition) is 0. The lowest BCUT2D eigenvalue weighted by atomic mass is 10.8. The van der Waals surface area contributed by atoms with Crippen molar-refractivity contribution in [3.63, 3.8) is 0 Å². The predicted molar refractivity (Wildman–Crippen MR) is 50.6 cm³/mol. The minimum Gasteiger partial charge on any atom is -0.305 e. The molecule has 0 amide bonds. The van der Waals surface area contributed by atoms with Crippen LogP contribution in [0.5, 0.6) is 0 Å². The highest BCUT2D eigenvalue weighted by atomic mass is 79.9. The summed E-state index contributed by atoms with van der Waals surface area (Å²) in [5, 5.41) is 0. The van der Waals surface area contributed by atoms with Gasteiger partial charge in [0.1, 0.15) is 8.07 Å². The molecule has 0 aliphatic rings. The minimum atomic E-state index is -1.05. The van der Waals surface area contributed by atoms with Crippen molar-refractivity contribution >= 4 is 39.2 Å². The molecule has 0 atom stereocenters. The summed E-state index contributed by atoms with van der Waals surface area (Å²) in [7, 11) is -1.05. The van der Waals surface area contributed by atoms with Crippen LogP contribution >= 0.6 is 12.9 Å². The maximum Gasteiger partial charge on any atom is 0.482 e. The summed E-state index contributed by atoms with van der Waals surface area (Å²) in [6.07, 6.45) is 0. The molecule has 0 aromatic heterocycles. The number of hydrogen-bond donors (Lipinski definition) is 0. The fourth-order valence-electron chi connectivity index (χ4n) is 0.375. The Hall–Kier alpha value is 1.02. The standard InChI is InChI=1S/C6H11Si.BrH.Mg/c1-5-6-7(2,3)4;;/h1H2,2-4H3;1H;/q;;+1/p-1. The second-order valence-electron chi connectivity index (χ2n) is 2.99. The first kappa shape index (κ1) is 10.0. The van der Waals surface area contributed by atoms with E-state index in [1.807, 2.05) is 0 Å². The van der Waals surface area contributed by atoms with Gasteiger partial charge in [-0.1, -0.05) is 24.2 Å². The molecule has 0 heterocycles. The van der Waals surface area contributed by atoms with Crippen molar-refractivity contribution < 1.29 is 0 Å². The summed E-state index contributed by atoms with van der Waals surface area (Å²) < 4.78 is 1.13. The van der Waals surface area contributed by atoms with E-state index in [1.165, 1.54) is 0 Å². The van der Waals surface area contributed by atoms with E-state index >= 15 is 0 Å². The summed E-state index contributed by atoms with van der Waals surface area (Å²) in [6.45, 7) is 6.82. The second-order valence-corrected chi connectivity index (χ2v) is 11.0. The van der Waals surface area contributed by atoms with Gasteiger partial charge in [0.15, 0.2) is 0 Å². The van der Waals surface area contributed by atoms with E-state index in [0.717, 1.165) is 4.55 Å². The van der Waals surface area contributed by atoms with Crippen LogP contribution < -0.4 is 0 Å². The van der Waals surface area contributed by atoms with E-state index in [1.54, 1.807) is 0 Å². The van der Waals surface area contributed by atoms with E-state index in [-0.39, 0.29) is 18.2 Å². The highest BCUT2D eigenvalue weighted by molar-refractivity contribution is 9.23. The van der Waals surface area contributed by atoms with Crippen molar-refractivity contribution in [2.24, 2.45) is 0 Å². The monoisotopic (exact) mass is 214 g/mol. The molecule has 0 aromatic rings. The second kappa shape index (κ2) is 4.78. The SMILES string of the molecule is C[Si](C)(C)C#C[CH2][Mg][Br]. The zero-order valence-corrected chi connectivity index (χ0v) is 10.3. The Bertz CT molecular complexity index is 128. The Morgan fingerprint density at radius 1 is 1.44 bits per heavy atom. The molecule has 0 bridgehead atoms. The van der Waals surface area contributed by atoms with E-state index in [9.17, 15) is 0 Å². The zero-order valence-electron chi connectivity index (χ0n) is 6.29. The average Bonchev–Trinajstić information content (AvgIpc) is 1.63. The highest BCUT2D eigenvalue weighted by Gasteiger charge is 2.06. The number of rotatable bonds is 1. The smallest absolute Gasteiger partial charge is 0.305 e. The van der Waals surface area contributed by atoms with Crippen molar-refractivity contribution in [2.45, 2.75) is 24.2 Å². The van der Waals surface area contributed by atoms with E-state index in [4.69, 9.17) is 0 Å². The summed E-state index contributed by atoms with van der Waals surface area (Å²) in [6, 6.07) is 0. The first-order chi connectivity index (χ1) is 4.06. The largest absolute Gasteiger partial charge is 0.482 e. The Morgan fingerprint density at radius 3 is 2.33 bits per heavy atom. The van der Waals surface area contributed by atoms with Gasteiger partial charge >= 0.3 is 18.2 Å². The van der Waals surface area contributed by atoms with E-state index in [0.29, 0.717) is 0 Å². The predicted octanol–water partition coefficient (Wildman–Crippen LogP) is 2.30. The van der Waals surface area contributed by atoms with Gasteiger partial charge in [-0.15, -0.1) is 11.5 Å². The van der Waals surface area contributed by atoms with E-state index < -0.39 is 8.07 Å². The summed E-state index contributed by atoms with van der Waals surface area (Å²) in [4.78, 5) is 0. The van der Waals surface area contributed by atoms with Gasteiger partial charge in [-0.05, 0) is 0 Å². The highest BCUT2D eigenvalue weighted by Crippen LogP contribution is 1.96. The lowest BCUT2D eigenvalue weighted by Gasteiger charge is -2.02. The Labute approximate surface area is 74.4 Å². The summed E-state index contributed by atoms with van der Waals surface area (Å²) >= 11 is 3.48. The molecule has 9 heavy (non-hydrogen) atoms. The van der Waals surface area contributed by atoms with Crippen molar-refractivity contribution in [3.05, 3.63) is 0 Å². The minimum absolute atomic E-state index is 0.00614. The fraction of sp³-hybridized carbons (Fsp3) is 0.667. The molecule has 0 unspecified atom stereocenters. The molecule has 0 fully saturated rings. The third kappa shape index (κ3) is 9.02. The van der Waals surface area contributed by atoms with Gasteiger partial charge in [0.25, 0.3) is 0 Å². The molecule has 0 saturated carbocycles. The van der Waals surface area contributed by atoms with Crippen LogP contribution in [-0.4, -0.2) is 26.3 Å². The van der Waals surface area contributed by atoms with Gasteiger partial charge in [0.2, 0.25) is 0 Å². The van der Waals surface area contributed by atoms with Gasteiger partial charge < -0.3 is 12.9 Å². The van der Waals surface area contributed by atoms with Crippen molar-refractivity contribution in [1.82, 2.24) is 0 Å². The molecule has 0 aliphatic heterocycles. The van der Waals surface area contributed by atoms with Crippen LogP contribution in [-0.2, 0) is 0 Å². The maximum atomic E-state index is 3.47. The zero-order chi connectivity index (χ0) is 7.33. The fourth-order valence-corrected chi connectivity index (χ4v) is 2.09. The van der Waals surface area contributed by atoms with E-state index in [2.05, 4.69) is 44.0 Å². The lowest BCUT2D eigenvalue weighted by Crippen LogP contribution is -2.16. The van der Waals surface area contributed by atoms with Crippen molar-refractivity contribution in [1.29, 1.82) is 0 Å². The van der Waals surface area contributed by atoms with Crippen LogP contribution in [0.25, 0.3) is 0 Å². The van der Waals surface area contributed by atoms with Gasteiger partial charge in [-0.25, -0.2) is 0 Å². The molecular weight excluding hydrogens is 204 g/mol. The molecule has 0 aromatic carbocycles. The topological polar surface area (TPSA) is 0 Å². The van der Waals surface area contributed by atoms with Crippen LogP contribution in [0.2, 0.25) is 24.2 Å². The number of halogens is 1. The normalized spacial score (nSPS) is 9.33. The molecule has 0 saturated heterocycles. The molecule has 48 valence electrons. The van der Waals surface area contributed by atoms with Crippen LogP contribution in [0.15, 0.2) is 0 Å². The van der Waals surface area contributed by atoms with Crippen molar-refractivity contribution in [3.8, 4) is 11.5 Å². The molecule has 0 spiro atoms. The molecule has 0 nitrogen and oxygen atoms in total. The molecular formula is C6H11BrMgSi. The first-order valence-electron chi connectivity index (χ1n) is 3.12. The maximum absolute atomic E-state index is 3.47. The van der Waals surface area contributed by atoms with Crippen LogP contribution in [0.1, 0.15) is 0 Å². The molecule has 0 radical (unpaired) electrons. The average molecular weight is 215 g/mol. The molecule has 3 heteroatoms. The van der Waals surface area contributed by atoms with Crippen LogP contribution in [0.3, 0.4) is 0 Å². The third-order valence-corrected chi connectivity index (χ3v) is 3.24. The van der Waals surface area contributed by atoms with Gasteiger partial charge in [-0.3, -0.25) is 0 Å². The quantitative estimate of drug-likeness (QED) is 0.465. The third-order valence-electron chi connectivity index (χ3n) is 0.683. The molecule has 0 aliphatic carbocycles. The van der Waals surface area contributed by atoms with Gasteiger partial charge in [0, 0.05) is 0 Å². The molecule has 0 rings (SSSR count). The first-order valence-corrected chi connectivity index (χ1v) is 11.5. The Kier molecular flexibility index (Phi) is 5.32. The van der Waals surface area contributed by atoms with Gasteiger partial charge in [-0.2, -0.15) is 0 Å².